The third-order valence-corrected chi connectivity index (χ3v) is 5.32. The fraction of sp³-hybridized carbons (Fsp3) is 0. The Hall–Kier alpha value is -4.05. The zero-order valence-corrected chi connectivity index (χ0v) is 15.4. The Bertz CT molecular complexity index is 1570. The lowest BCUT2D eigenvalue weighted by Crippen LogP contribution is -2.36. The molecular formula is C25H15N2O2+. The maximum atomic E-state index is 13.4. The molecule has 0 N–H and O–H groups in total. The fourth-order valence-electron chi connectivity index (χ4n) is 3.95. The molecule has 0 spiro atoms. The molecule has 0 amide bonds. The highest BCUT2D eigenvalue weighted by Crippen LogP contribution is 2.34. The average Bonchev–Trinajstić information content (AvgIpc) is 2.78. The highest BCUT2D eigenvalue weighted by molar-refractivity contribution is 6.01. The molecule has 0 saturated carbocycles. The van der Waals surface area contributed by atoms with Gasteiger partial charge in [0.1, 0.15) is 11.2 Å². The van der Waals surface area contributed by atoms with Crippen LogP contribution < -0.4 is 10.00 Å². The highest BCUT2D eigenvalue weighted by atomic mass is 16.3. The molecule has 1 aliphatic heterocycles. The van der Waals surface area contributed by atoms with Crippen LogP contribution in [-0.2, 0) is 0 Å². The van der Waals surface area contributed by atoms with Gasteiger partial charge in [0, 0.05) is 22.9 Å². The quantitative estimate of drug-likeness (QED) is 0.234. The first kappa shape index (κ1) is 16.0. The zero-order chi connectivity index (χ0) is 19.4. The van der Waals surface area contributed by atoms with E-state index in [-0.39, 0.29) is 5.43 Å². The van der Waals surface area contributed by atoms with Crippen molar-refractivity contribution in [3.05, 3.63) is 101 Å². The fourth-order valence-corrected chi connectivity index (χ4v) is 3.95. The Morgan fingerprint density at radius 1 is 0.759 bits per heavy atom. The summed E-state index contributed by atoms with van der Waals surface area (Å²) in [5, 5.41) is 3.60. The van der Waals surface area contributed by atoms with Gasteiger partial charge in [-0.25, -0.2) is 4.98 Å². The van der Waals surface area contributed by atoms with Crippen molar-refractivity contribution < 1.29 is 8.98 Å². The van der Waals surface area contributed by atoms with Crippen molar-refractivity contribution in [1.29, 1.82) is 0 Å². The van der Waals surface area contributed by atoms with E-state index >= 15 is 0 Å². The first-order chi connectivity index (χ1) is 14.3. The van der Waals surface area contributed by atoms with Crippen LogP contribution in [0, 0.1) is 0 Å². The largest absolute Gasteiger partial charge is 0.446 e. The second kappa shape index (κ2) is 5.97. The molecule has 2 aliphatic rings. The molecule has 0 atom stereocenters. The predicted molar refractivity (Wildman–Crippen MR) is 113 cm³/mol. The van der Waals surface area contributed by atoms with Crippen molar-refractivity contribution in [1.82, 2.24) is 4.98 Å². The van der Waals surface area contributed by atoms with E-state index in [1.807, 2.05) is 85.2 Å². The number of rotatable bonds is 1. The molecule has 1 aliphatic carbocycles. The molecule has 0 bridgehead atoms. The Morgan fingerprint density at radius 3 is 2.24 bits per heavy atom. The molecule has 6 rings (SSSR count). The summed E-state index contributed by atoms with van der Waals surface area (Å²) < 4.78 is 8.15. The summed E-state index contributed by atoms with van der Waals surface area (Å²) in [5.41, 5.74) is 2.51. The van der Waals surface area contributed by atoms with E-state index in [1.165, 1.54) is 0 Å². The first-order valence-electron chi connectivity index (χ1n) is 9.44. The summed E-state index contributed by atoms with van der Waals surface area (Å²) >= 11 is 0. The van der Waals surface area contributed by atoms with Crippen LogP contribution in [0.2, 0.25) is 0 Å². The number of hydrogen-bond acceptors (Lipinski definition) is 3. The molecule has 2 heterocycles. The third kappa shape index (κ3) is 2.36. The van der Waals surface area contributed by atoms with Crippen LogP contribution in [0.5, 0.6) is 0 Å². The lowest BCUT2D eigenvalue weighted by molar-refractivity contribution is -0.596. The zero-order valence-electron chi connectivity index (χ0n) is 15.4. The van der Waals surface area contributed by atoms with E-state index < -0.39 is 0 Å². The van der Waals surface area contributed by atoms with Gasteiger partial charge in [0.2, 0.25) is 5.76 Å². The smallest absolute Gasteiger partial charge is 0.304 e. The lowest BCUT2D eigenvalue weighted by atomic mass is 10.0. The van der Waals surface area contributed by atoms with Gasteiger partial charge in [0.15, 0.2) is 18.0 Å². The Balaban J connectivity index is 1.85. The average molecular weight is 375 g/mol. The van der Waals surface area contributed by atoms with E-state index in [1.54, 1.807) is 4.57 Å². The van der Waals surface area contributed by atoms with Crippen molar-refractivity contribution >= 4 is 32.6 Å². The van der Waals surface area contributed by atoms with Crippen molar-refractivity contribution in [3.8, 4) is 17.1 Å². The predicted octanol–water partition coefficient (Wildman–Crippen LogP) is 4.88. The molecule has 4 nitrogen and oxygen atoms in total. The van der Waals surface area contributed by atoms with E-state index in [4.69, 9.17) is 9.40 Å². The second-order valence-corrected chi connectivity index (χ2v) is 7.06. The molecule has 3 aromatic carbocycles. The molecule has 29 heavy (non-hydrogen) atoms. The van der Waals surface area contributed by atoms with Gasteiger partial charge in [0.05, 0.1) is 0 Å². The molecule has 1 aromatic heterocycles. The normalized spacial score (nSPS) is 11.6. The molecule has 4 aromatic rings. The summed E-state index contributed by atoms with van der Waals surface area (Å²) in [6.45, 7) is 0. The number of aromatic nitrogens is 2. The second-order valence-electron chi connectivity index (χ2n) is 7.06. The third-order valence-electron chi connectivity index (χ3n) is 5.32. The monoisotopic (exact) mass is 375 g/mol. The van der Waals surface area contributed by atoms with Gasteiger partial charge in [-0.2, -0.15) is 4.57 Å². The van der Waals surface area contributed by atoms with E-state index in [2.05, 4.69) is 6.07 Å². The van der Waals surface area contributed by atoms with Gasteiger partial charge in [-0.05, 0) is 22.9 Å². The van der Waals surface area contributed by atoms with Crippen molar-refractivity contribution in [2.24, 2.45) is 0 Å². The Morgan fingerprint density at radius 2 is 1.45 bits per heavy atom. The summed E-state index contributed by atoms with van der Waals surface area (Å²) in [7, 11) is 0. The number of nitrogens with zero attached hydrogens (tertiary/aromatic N) is 2. The molecule has 4 heteroatoms. The minimum absolute atomic E-state index is 0.0741. The first-order valence-corrected chi connectivity index (χ1v) is 9.44. The summed E-state index contributed by atoms with van der Waals surface area (Å²) in [6, 6.07) is 25.4. The Labute approximate surface area is 165 Å². The van der Waals surface area contributed by atoms with Gasteiger partial charge in [-0.15, -0.1) is 0 Å². The minimum Gasteiger partial charge on any atom is -0.446 e. The van der Waals surface area contributed by atoms with Crippen LogP contribution in [0.15, 0.2) is 100 Å². The molecule has 136 valence electrons. The van der Waals surface area contributed by atoms with Crippen molar-refractivity contribution in [3.63, 3.8) is 0 Å². The number of pyridine rings is 1. The van der Waals surface area contributed by atoms with Gasteiger partial charge in [0.25, 0.3) is 5.43 Å². The van der Waals surface area contributed by atoms with Crippen molar-refractivity contribution in [2.75, 3.05) is 0 Å². The van der Waals surface area contributed by atoms with Crippen LogP contribution >= 0.6 is 0 Å². The SMILES string of the molecule is O=c1c(-[n+]2ccccc2)c2oc3cc4ccccc4cc3nc-2c2ccccc12. The van der Waals surface area contributed by atoms with E-state index in [0.29, 0.717) is 28.1 Å². The van der Waals surface area contributed by atoms with E-state index in [0.717, 1.165) is 21.7 Å². The molecular weight excluding hydrogens is 360 g/mol. The number of benzene rings is 4. The maximum Gasteiger partial charge on any atom is 0.304 e. The Kier molecular flexibility index (Phi) is 3.29. The minimum atomic E-state index is -0.0741. The van der Waals surface area contributed by atoms with Gasteiger partial charge >= 0.3 is 5.69 Å². The number of hydrogen-bond donors (Lipinski definition) is 0. The standard InChI is InChI=1S/C25H15N2O2/c28-24-19-11-5-4-10-18(19)22-25(23(24)27-12-6-1-7-13-27)29-21-15-17-9-3-2-8-16(17)14-20(21)26-22/h1-15H/q+1. The van der Waals surface area contributed by atoms with Gasteiger partial charge in [-0.3, -0.25) is 4.79 Å². The van der Waals surface area contributed by atoms with Gasteiger partial charge < -0.3 is 4.42 Å². The van der Waals surface area contributed by atoms with Crippen LogP contribution in [0.25, 0.3) is 49.8 Å². The van der Waals surface area contributed by atoms with Gasteiger partial charge in [-0.1, -0.05) is 54.6 Å². The highest BCUT2D eigenvalue weighted by Gasteiger charge is 2.28. The topological polar surface area (TPSA) is 47.0 Å². The van der Waals surface area contributed by atoms with Crippen LogP contribution in [0.1, 0.15) is 0 Å². The van der Waals surface area contributed by atoms with Crippen LogP contribution in [0.3, 0.4) is 0 Å². The molecule has 0 saturated heterocycles. The maximum absolute atomic E-state index is 13.4. The summed E-state index contributed by atoms with van der Waals surface area (Å²) in [6.07, 6.45) is 3.70. The molecule has 0 fully saturated rings. The van der Waals surface area contributed by atoms with E-state index in [9.17, 15) is 4.79 Å². The van der Waals surface area contributed by atoms with Crippen LogP contribution in [-0.4, -0.2) is 4.98 Å². The van der Waals surface area contributed by atoms with Crippen molar-refractivity contribution in [2.45, 2.75) is 0 Å². The molecule has 0 unspecified atom stereocenters. The molecule has 0 radical (unpaired) electrons. The summed E-state index contributed by atoms with van der Waals surface area (Å²) in [4.78, 5) is 18.3. The lowest BCUT2D eigenvalue weighted by Gasteiger charge is -2.11. The number of fused-ring (bicyclic) bond motifs is 5. The van der Waals surface area contributed by atoms with Crippen LogP contribution in [0.4, 0.5) is 0 Å². The summed E-state index contributed by atoms with van der Waals surface area (Å²) in [5.74, 6) is 0.493.